The summed E-state index contributed by atoms with van der Waals surface area (Å²) in [5.41, 5.74) is 3.99. The van der Waals surface area contributed by atoms with Crippen LogP contribution in [0, 0.1) is 0 Å². The van der Waals surface area contributed by atoms with Crippen LogP contribution in [0.25, 0.3) is 11.1 Å². The fourth-order valence-corrected chi connectivity index (χ4v) is 3.91. The Morgan fingerprint density at radius 2 is 1.38 bits per heavy atom. The van der Waals surface area contributed by atoms with Crippen molar-refractivity contribution in [2.45, 2.75) is 0 Å². The molecule has 0 unspecified atom stereocenters. The number of piperazine rings is 1. The average molecular weight is 453 g/mol. The maximum atomic E-state index is 12.5. The molecule has 0 spiro atoms. The molecule has 0 saturated carbocycles. The highest BCUT2D eigenvalue weighted by molar-refractivity contribution is 6.11. The number of cyclic esters (lactones) is 1. The number of urea groups is 1. The van der Waals surface area contributed by atoms with Crippen molar-refractivity contribution in [2.24, 2.45) is 4.99 Å². The molecule has 0 bridgehead atoms. The highest BCUT2D eigenvalue weighted by Crippen LogP contribution is 2.22. The fourth-order valence-electron chi connectivity index (χ4n) is 3.91. The van der Waals surface area contributed by atoms with E-state index in [-0.39, 0.29) is 11.7 Å². The van der Waals surface area contributed by atoms with Gasteiger partial charge in [-0.05, 0) is 35.4 Å². The van der Waals surface area contributed by atoms with Gasteiger partial charge in [-0.2, -0.15) is 0 Å². The Morgan fingerprint density at radius 3 is 2.06 bits per heavy atom. The summed E-state index contributed by atoms with van der Waals surface area (Å²) in [6.45, 7) is 2.31. The highest BCUT2D eigenvalue weighted by atomic mass is 16.6. The molecule has 0 radical (unpaired) electrons. The number of ether oxygens (including phenoxy) is 1. The zero-order valence-electron chi connectivity index (χ0n) is 18.6. The summed E-state index contributed by atoms with van der Waals surface area (Å²) in [7, 11) is 0. The molecule has 2 heterocycles. The number of para-hydroxylation sites is 1. The molecule has 2 aliphatic rings. The van der Waals surface area contributed by atoms with Gasteiger partial charge in [-0.3, -0.25) is 0 Å². The first kappa shape index (κ1) is 21.5. The average Bonchev–Trinajstić information content (AvgIpc) is 3.25. The number of rotatable bonds is 4. The molecule has 0 aliphatic carbocycles. The van der Waals surface area contributed by atoms with Crippen molar-refractivity contribution in [1.29, 1.82) is 0 Å². The molecule has 2 aliphatic heterocycles. The van der Waals surface area contributed by atoms with E-state index >= 15 is 0 Å². The van der Waals surface area contributed by atoms with Gasteiger partial charge in [0.2, 0.25) is 5.90 Å². The van der Waals surface area contributed by atoms with Gasteiger partial charge in [-0.25, -0.2) is 14.6 Å². The van der Waals surface area contributed by atoms with Crippen LogP contribution < -0.4 is 5.32 Å². The van der Waals surface area contributed by atoms with Crippen LogP contribution in [-0.4, -0.2) is 53.9 Å². The zero-order chi connectivity index (χ0) is 23.3. The molecule has 3 aromatic rings. The fraction of sp³-hybridized carbons (Fsp3) is 0.148. The summed E-state index contributed by atoms with van der Waals surface area (Å²) in [6, 6.07) is 27.1. The van der Waals surface area contributed by atoms with E-state index in [0.29, 0.717) is 32.1 Å². The predicted molar refractivity (Wildman–Crippen MR) is 131 cm³/mol. The number of nitrogens with one attached hydrogen (secondary N) is 1. The molecule has 0 aromatic heterocycles. The van der Waals surface area contributed by atoms with Gasteiger partial charge in [0.25, 0.3) is 0 Å². The summed E-state index contributed by atoms with van der Waals surface area (Å²) in [5.74, 6) is -0.164. The Hall–Kier alpha value is -4.39. The summed E-state index contributed by atoms with van der Waals surface area (Å²) < 4.78 is 5.41. The second kappa shape index (κ2) is 9.62. The van der Waals surface area contributed by atoms with Gasteiger partial charge in [0.15, 0.2) is 5.70 Å². The van der Waals surface area contributed by atoms with Gasteiger partial charge < -0.3 is 19.9 Å². The number of anilines is 1. The van der Waals surface area contributed by atoms with Crippen LogP contribution in [0.1, 0.15) is 5.56 Å². The zero-order valence-corrected chi connectivity index (χ0v) is 18.6. The Bertz CT molecular complexity index is 1230. The number of hydrogen-bond donors (Lipinski definition) is 1. The van der Waals surface area contributed by atoms with E-state index in [1.165, 1.54) is 0 Å². The molecule has 7 nitrogen and oxygen atoms in total. The minimum absolute atomic E-state index is 0.127. The van der Waals surface area contributed by atoms with Gasteiger partial charge in [0.05, 0.1) is 0 Å². The second-order valence-corrected chi connectivity index (χ2v) is 8.08. The Kier molecular flexibility index (Phi) is 6.07. The molecule has 0 atom stereocenters. The summed E-state index contributed by atoms with van der Waals surface area (Å²) in [5, 5.41) is 2.90. The molecular formula is C27H24N4O3. The number of esters is 1. The first-order chi connectivity index (χ1) is 16.7. The third-order valence-electron chi connectivity index (χ3n) is 5.79. The molecule has 3 aromatic carbocycles. The normalized spacial score (nSPS) is 16.9. The topological polar surface area (TPSA) is 74.2 Å². The van der Waals surface area contributed by atoms with Crippen molar-refractivity contribution in [3.8, 4) is 11.1 Å². The Labute approximate surface area is 198 Å². The molecule has 2 amide bonds. The van der Waals surface area contributed by atoms with Crippen LogP contribution >= 0.6 is 0 Å². The number of benzene rings is 3. The summed E-state index contributed by atoms with van der Waals surface area (Å²) in [6.07, 6.45) is 1.72. The number of carbonyl (C=O) groups is 2. The van der Waals surface area contributed by atoms with Crippen molar-refractivity contribution in [2.75, 3.05) is 31.5 Å². The molecule has 34 heavy (non-hydrogen) atoms. The lowest BCUT2D eigenvalue weighted by Gasteiger charge is -2.34. The number of amides is 2. The second-order valence-electron chi connectivity index (χ2n) is 8.08. The lowest BCUT2D eigenvalue weighted by atomic mass is 10.0. The molecular weight excluding hydrogens is 428 g/mol. The van der Waals surface area contributed by atoms with E-state index in [4.69, 9.17) is 4.74 Å². The van der Waals surface area contributed by atoms with Gasteiger partial charge in [0, 0.05) is 43.6 Å². The maximum Gasteiger partial charge on any atom is 0.365 e. The minimum atomic E-state index is -0.466. The summed E-state index contributed by atoms with van der Waals surface area (Å²) in [4.78, 5) is 33.0. The third-order valence-corrected chi connectivity index (χ3v) is 5.79. The first-order valence-corrected chi connectivity index (χ1v) is 11.2. The summed E-state index contributed by atoms with van der Waals surface area (Å²) >= 11 is 0. The van der Waals surface area contributed by atoms with Gasteiger partial charge >= 0.3 is 12.0 Å². The van der Waals surface area contributed by atoms with E-state index in [9.17, 15) is 9.59 Å². The molecule has 7 heteroatoms. The van der Waals surface area contributed by atoms with E-state index in [2.05, 4.69) is 10.3 Å². The minimum Gasteiger partial charge on any atom is -0.402 e. The largest absolute Gasteiger partial charge is 0.402 e. The van der Waals surface area contributed by atoms with Crippen molar-refractivity contribution < 1.29 is 14.3 Å². The van der Waals surface area contributed by atoms with Crippen LogP contribution in [0.4, 0.5) is 10.5 Å². The van der Waals surface area contributed by atoms with Crippen molar-refractivity contribution >= 4 is 23.6 Å². The lowest BCUT2D eigenvalue weighted by molar-refractivity contribution is -0.130. The Morgan fingerprint density at radius 1 is 0.794 bits per heavy atom. The van der Waals surface area contributed by atoms with Crippen molar-refractivity contribution in [1.82, 2.24) is 9.80 Å². The molecule has 170 valence electrons. The van der Waals surface area contributed by atoms with E-state index in [1.807, 2.05) is 89.8 Å². The number of hydrogen-bond acceptors (Lipinski definition) is 5. The van der Waals surface area contributed by atoms with Crippen LogP contribution in [-0.2, 0) is 9.53 Å². The van der Waals surface area contributed by atoms with E-state index in [1.54, 1.807) is 11.1 Å². The SMILES string of the molecule is O=C1OC(c2ccc(-c3ccccc3)cc2)=N/C1=C/N1CCN(C(=O)Nc2ccccc2)CC1. The number of nitrogens with zero attached hydrogens (tertiary/aromatic N) is 3. The van der Waals surface area contributed by atoms with Gasteiger partial charge in [-0.15, -0.1) is 0 Å². The maximum absolute atomic E-state index is 12.5. The Balaban J connectivity index is 1.20. The van der Waals surface area contributed by atoms with Crippen LogP contribution in [0.5, 0.6) is 0 Å². The lowest BCUT2D eigenvalue weighted by Crippen LogP contribution is -2.48. The highest BCUT2D eigenvalue weighted by Gasteiger charge is 2.26. The molecule has 1 fully saturated rings. The predicted octanol–water partition coefficient (Wildman–Crippen LogP) is 4.35. The van der Waals surface area contributed by atoms with Gasteiger partial charge in [0.1, 0.15) is 0 Å². The third kappa shape index (κ3) is 4.83. The monoisotopic (exact) mass is 452 g/mol. The quantitative estimate of drug-likeness (QED) is 0.472. The number of carbonyl (C=O) groups excluding carboxylic acids is 2. The van der Waals surface area contributed by atoms with E-state index in [0.717, 1.165) is 22.4 Å². The molecule has 1 saturated heterocycles. The van der Waals surface area contributed by atoms with Crippen molar-refractivity contribution in [3.05, 3.63) is 102 Å². The standard InChI is InChI=1S/C27H24N4O3/c32-26-24(19-30-15-17-31(18-16-30)27(33)28-23-9-5-2-6-10-23)29-25(34-26)22-13-11-21(12-14-22)20-7-3-1-4-8-20/h1-14,19H,15-18H2,(H,28,33)/b24-19+. The first-order valence-electron chi connectivity index (χ1n) is 11.2. The smallest absolute Gasteiger partial charge is 0.365 e. The molecule has 5 rings (SSSR count). The molecule has 1 N–H and O–H groups in total. The van der Waals surface area contributed by atoms with Crippen LogP contribution in [0.2, 0.25) is 0 Å². The van der Waals surface area contributed by atoms with Gasteiger partial charge in [-0.1, -0.05) is 60.7 Å². The van der Waals surface area contributed by atoms with Crippen LogP contribution in [0.3, 0.4) is 0 Å². The van der Waals surface area contributed by atoms with Crippen LogP contribution in [0.15, 0.2) is 102 Å². The van der Waals surface area contributed by atoms with E-state index < -0.39 is 5.97 Å². The number of aliphatic imine (C=N–C) groups is 1. The van der Waals surface area contributed by atoms with Crippen molar-refractivity contribution in [3.63, 3.8) is 0 Å².